The molecule has 0 spiro atoms. The summed E-state index contributed by atoms with van der Waals surface area (Å²) in [6, 6.07) is 10.3. The fraction of sp³-hybridized carbons (Fsp3) is 0.381. The van der Waals surface area contributed by atoms with Crippen LogP contribution in [-0.4, -0.2) is 29.8 Å². The van der Waals surface area contributed by atoms with Crippen LogP contribution in [0.5, 0.6) is 0 Å². The Labute approximate surface area is 157 Å². The van der Waals surface area contributed by atoms with Crippen molar-refractivity contribution in [2.24, 2.45) is 4.99 Å². The molecule has 5 rings (SSSR count). The van der Waals surface area contributed by atoms with Crippen LogP contribution in [0.25, 0.3) is 16.5 Å². The van der Waals surface area contributed by atoms with Gasteiger partial charge >= 0.3 is 0 Å². The average molecular weight is 366 g/mol. The van der Waals surface area contributed by atoms with Gasteiger partial charge in [-0.15, -0.1) is 11.8 Å². The molecule has 2 aliphatic heterocycles. The molecule has 0 amide bonds. The fourth-order valence-corrected chi connectivity index (χ4v) is 5.05. The first-order valence-electron chi connectivity index (χ1n) is 9.31. The van der Waals surface area contributed by atoms with Crippen molar-refractivity contribution in [2.75, 3.05) is 7.05 Å². The Bertz CT molecular complexity index is 888. The largest absolute Gasteiger partial charge is 0.474 e. The SMILES string of the molecule is CN1C=NC(OC2CCCCC2)=C2C(c3cc4ccccc4o3)=CSC21. The van der Waals surface area contributed by atoms with E-state index in [0.717, 1.165) is 46.6 Å². The first-order chi connectivity index (χ1) is 12.8. The van der Waals surface area contributed by atoms with E-state index in [4.69, 9.17) is 9.15 Å². The van der Waals surface area contributed by atoms with Crippen molar-refractivity contribution in [3.8, 4) is 0 Å². The van der Waals surface area contributed by atoms with E-state index in [1.54, 1.807) is 11.8 Å². The number of rotatable bonds is 3. The second kappa shape index (κ2) is 6.54. The zero-order valence-electron chi connectivity index (χ0n) is 14.9. The molecular weight excluding hydrogens is 344 g/mol. The summed E-state index contributed by atoms with van der Waals surface area (Å²) in [6.07, 6.45) is 8.25. The van der Waals surface area contributed by atoms with E-state index in [-0.39, 0.29) is 11.5 Å². The van der Waals surface area contributed by atoms with E-state index in [2.05, 4.69) is 34.5 Å². The maximum absolute atomic E-state index is 6.38. The summed E-state index contributed by atoms with van der Waals surface area (Å²) in [6.45, 7) is 0. The third kappa shape index (κ3) is 2.75. The molecule has 0 radical (unpaired) electrons. The van der Waals surface area contributed by atoms with Crippen LogP contribution in [0.1, 0.15) is 37.9 Å². The number of thioether (sulfide) groups is 1. The van der Waals surface area contributed by atoms with Crippen LogP contribution >= 0.6 is 11.8 Å². The number of benzene rings is 1. The van der Waals surface area contributed by atoms with Gasteiger partial charge < -0.3 is 14.1 Å². The summed E-state index contributed by atoms with van der Waals surface area (Å²) < 4.78 is 12.5. The van der Waals surface area contributed by atoms with Crippen molar-refractivity contribution in [3.05, 3.63) is 53.0 Å². The minimum Gasteiger partial charge on any atom is -0.474 e. The predicted molar refractivity (Wildman–Crippen MR) is 107 cm³/mol. The van der Waals surface area contributed by atoms with Gasteiger partial charge in [0.25, 0.3) is 0 Å². The zero-order chi connectivity index (χ0) is 17.5. The summed E-state index contributed by atoms with van der Waals surface area (Å²) >= 11 is 1.79. The van der Waals surface area contributed by atoms with Gasteiger partial charge in [0.1, 0.15) is 22.8 Å². The first kappa shape index (κ1) is 16.1. The van der Waals surface area contributed by atoms with Gasteiger partial charge in [-0.1, -0.05) is 24.6 Å². The van der Waals surface area contributed by atoms with Crippen molar-refractivity contribution in [1.82, 2.24) is 4.90 Å². The molecule has 3 aliphatic rings. The van der Waals surface area contributed by atoms with Crippen LogP contribution in [0.4, 0.5) is 0 Å². The van der Waals surface area contributed by atoms with Crippen molar-refractivity contribution in [2.45, 2.75) is 43.6 Å². The number of aliphatic imine (C=N–C) groups is 1. The van der Waals surface area contributed by atoms with Gasteiger partial charge in [-0.2, -0.15) is 0 Å². The van der Waals surface area contributed by atoms with Crippen LogP contribution in [0, 0.1) is 0 Å². The summed E-state index contributed by atoms with van der Waals surface area (Å²) in [4.78, 5) is 6.78. The Balaban J connectivity index is 1.53. The summed E-state index contributed by atoms with van der Waals surface area (Å²) in [5.74, 6) is 1.67. The molecule has 0 bridgehead atoms. The highest BCUT2D eigenvalue weighted by Crippen LogP contribution is 2.46. The quantitative estimate of drug-likeness (QED) is 0.731. The molecule has 4 nitrogen and oxygen atoms in total. The van der Waals surface area contributed by atoms with Crippen molar-refractivity contribution in [3.63, 3.8) is 0 Å². The summed E-state index contributed by atoms with van der Waals surface area (Å²) in [5, 5.41) is 3.52. The van der Waals surface area contributed by atoms with Crippen LogP contribution in [0.3, 0.4) is 0 Å². The lowest BCUT2D eigenvalue weighted by Crippen LogP contribution is -2.32. The lowest BCUT2D eigenvalue weighted by Gasteiger charge is -2.30. The van der Waals surface area contributed by atoms with Gasteiger partial charge in [0, 0.05) is 18.0 Å². The number of likely N-dealkylation sites (N-methyl/N-ethyl adjacent to an activating group) is 1. The standard InChI is InChI=1S/C21H22N2O2S/c1-23-13-22-20(24-15-8-3-2-4-9-15)19-16(12-26-21(19)23)18-11-14-7-5-6-10-17(14)25-18/h5-7,10-13,15,21H,2-4,8-9H2,1H3. The highest BCUT2D eigenvalue weighted by molar-refractivity contribution is 8.03. The number of fused-ring (bicyclic) bond motifs is 2. The average Bonchev–Trinajstić information content (AvgIpc) is 3.29. The molecule has 5 heteroatoms. The maximum Gasteiger partial charge on any atom is 0.222 e. The molecule has 1 unspecified atom stereocenters. The van der Waals surface area contributed by atoms with Crippen LogP contribution < -0.4 is 0 Å². The lowest BCUT2D eigenvalue weighted by atomic mass is 9.97. The van der Waals surface area contributed by atoms with Crippen molar-refractivity contribution >= 4 is 34.6 Å². The van der Waals surface area contributed by atoms with Crippen LogP contribution in [-0.2, 0) is 4.74 Å². The molecule has 1 aromatic heterocycles. The number of para-hydroxylation sites is 1. The Hall–Kier alpha value is -2.14. The summed E-state index contributed by atoms with van der Waals surface area (Å²) in [7, 11) is 2.06. The highest BCUT2D eigenvalue weighted by atomic mass is 32.2. The number of hydrogen-bond donors (Lipinski definition) is 0. The molecule has 2 aromatic rings. The van der Waals surface area contributed by atoms with E-state index in [1.165, 1.54) is 19.3 Å². The fourth-order valence-electron chi connectivity index (χ4n) is 3.93. The van der Waals surface area contributed by atoms with E-state index in [9.17, 15) is 0 Å². The number of furan rings is 1. The monoisotopic (exact) mass is 366 g/mol. The zero-order valence-corrected chi connectivity index (χ0v) is 15.7. The van der Waals surface area contributed by atoms with Crippen LogP contribution in [0.2, 0.25) is 0 Å². The van der Waals surface area contributed by atoms with Gasteiger partial charge in [-0.05, 0) is 43.2 Å². The second-order valence-electron chi connectivity index (χ2n) is 7.18. The number of hydrogen-bond acceptors (Lipinski definition) is 5. The molecule has 1 aromatic carbocycles. The van der Waals surface area contributed by atoms with Crippen LogP contribution in [0.15, 0.2) is 56.6 Å². The first-order valence-corrected chi connectivity index (χ1v) is 10.3. The third-order valence-corrected chi connectivity index (χ3v) is 6.53. The minimum absolute atomic E-state index is 0.203. The summed E-state index contributed by atoms with van der Waals surface area (Å²) in [5.41, 5.74) is 3.16. The van der Waals surface area contributed by atoms with E-state index >= 15 is 0 Å². The van der Waals surface area contributed by atoms with Crippen molar-refractivity contribution < 1.29 is 9.15 Å². The molecule has 0 N–H and O–H groups in total. The Morgan fingerprint density at radius 1 is 1.19 bits per heavy atom. The molecule has 1 atom stereocenters. The van der Waals surface area contributed by atoms with E-state index < -0.39 is 0 Å². The Morgan fingerprint density at radius 2 is 2.04 bits per heavy atom. The molecule has 1 aliphatic carbocycles. The minimum atomic E-state index is 0.203. The molecule has 0 saturated heterocycles. The van der Waals surface area contributed by atoms with E-state index in [1.807, 2.05) is 24.5 Å². The number of nitrogens with zero attached hydrogens (tertiary/aromatic N) is 2. The second-order valence-corrected chi connectivity index (χ2v) is 8.13. The Kier molecular flexibility index (Phi) is 4.04. The van der Waals surface area contributed by atoms with Gasteiger partial charge in [0.05, 0.1) is 11.9 Å². The number of ether oxygens (including phenoxy) is 1. The highest BCUT2D eigenvalue weighted by Gasteiger charge is 2.36. The predicted octanol–water partition coefficient (Wildman–Crippen LogP) is 5.38. The topological polar surface area (TPSA) is 38.0 Å². The van der Waals surface area contributed by atoms with E-state index in [0.29, 0.717) is 0 Å². The molecule has 26 heavy (non-hydrogen) atoms. The lowest BCUT2D eigenvalue weighted by molar-refractivity contribution is 0.0779. The third-order valence-electron chi connectivity index (χ3n) is 5.33. The van der Waals surface area contributed by atoms with Gasteiger partial charge in [0.2, 0.25) is 5.88 Å². The molecule has 3 heterocycles. The van der Waals surface area contributed by atoms with Gasteiger partial charge in [-0.3, -0.25) is 0 Å². The Morgan fingerprint density at radius 3 is 2.88 bits per heavy atom. The van der Waals surface area contributed by atoms with Gasteiger partial charge in [0.15, 0.2) is 0 Å². The van der Waals surface area contributed by atoms with Gasteiger partial charge in [-0.25, -0.2) is 4.99 Å². The normalized spacial score (nSPS) is 23.5. The molecule has 134 valence electrons. The van der Waals surface area contributed by atoms with Crippen molar-refractivity contribution in [1.29, 1.82) is 0 Å². The molecular formula is C21H22N2O2S. The smallest absolute Gasteiger partial charge is 0.222 e. The molecule has 1 fully saturated rings. The maximum atomic E-state index is 6.38. The molecule has 1 saturated carbocycles.